The van der Waals surface area contributed by atoms with Gasteiger partial charge >= 0.3 is 23.9 Å². The van der Waals surface area contributed by atoms with E-state index >= 15 is 0 Å². The molecule has 1 aliphatic rings. The van der Waals surface area contributed by atoms with Gasteiger partial charge in [0.15, 0.2) is 12.2 Å². The van der Waals surface area contributed by atoms with Crippen molar-refractivity contribution < 1.29 is 42.9 Å². The largest absolute Gasteiger partial charge is 0.467 e. The normalized spacial score (nSPS) is 23.5. The molecule has 9 nitrogen and oxygen atoms in total. The van der Waals surface area contributed by atoms with E-state index < -0.39 is 42.2 Å². The minimum Gasteiger partial charge on any atom is -0.467 e. The van der Waals surface area contributed by atoms with Crippen molar-refractivity contribution in [1.82, 2.24) is 0 Å². The zero-order valence-corrected chi connectivity index (χ0v) is 12.5. The Bertz CT molecular complexity index is 508. The summed E-state index contributed by atoms with van der Waals surface area (Å²) in [5.41, 5.74) is 0. The van der Waals surface area contributed by atoms with Gasteiger partial charge in [0.2, 0.25) is 11.9 Å². The predicted molar refractivity (Wildman–Crippen MR) is 68.1 cm³/mol. The molecular weight excluding hydrogens is 300 g/mol. The molecule has 0 spiro atoms. The highest BCUT2D eigenvalue weighted by atomic mass is 16.6. The smallest absolute Gasteiger partial charge is 0.373 e. The summed E-state index contributed by atoms with van der Waals surface area (Å²) in [5, 5.41) is 0. The maximum Gasteiger partial charge on any atom is 0.373 e. The van der Waals surface area contributed by atoms with Gasteiger partial charge in [-0.05, 0) is 0 Å². The Hall–Kier alpha value is -2.58. The van der Waals surface area contributed by atoms with Gasteiger partial charge in [-0.3, -0.25) is 9.59 Å². The van der Waals surface area contributed by atoms with Gasteiger partial charge in [-0.15, -0.1) is 0 Å². The summed E-state index contributed by atoms with van der Waals surface area (Å²) >= 11 is 0. The number of ether oxygens (including phenoxy) is 5. The average molecular weight is 316 g/mol. The molecule has 0 aliphatic carbocycles. The van der Waals surface area contributed by atoms with E-state index in [0.29, 0.717) is 0 Å². The number of carbonyl (C=O) groups excluding carboxylic acids is 4. The third kappa shape index (κ3) is 4.21. The van der Waals surface area contributed by atoms with E-state index in [9.17, 15) is 19.2 Å². The van der Waals surface area contributed by atoms with Crippen molar-refractivity contribution in [2.24, 2.45) is 0 Å². The maximum absolute atomic E-state index is 11.8. The summed E-state index contributed by atoms with van der Waals surface area (Å²) in [6.07, 6.45) is -2.87. The Labute approximate surface area is 126 Å². The summed E-state index contributed by atoms with van der Waals surface area (Å²) in [5.74, 6) is -3.57. The molecule has 0 fully saturated rings. The fourth-order valence-corrected chi connectivity index (χ4v) is 1.79. The van der Waals surface area contributed by atoms with Crippen LogP contribution in [-0.2, 0) is 42.9 Å². The Kier molecular flexibility index (Phi) is 5.90. The number of hydrogen-bond acceptors (Lipinski definition) is 9. The minimum atomic E-state index is -1.47. The molecule has 9 heteroatoms. The first-order valence-electron chi connectivity index (χ1n) is 6.19. The Morgan fingerprint density at radius 1 is 1.00 bits per heavy atom. The second-order valence-corrected chi connectivity index (χ2v) is 4.23. The molecule has 1 aliphatic heterocycles. The fourth-order valence-electron chi connectivity index (χ4n) is 1.79. The van der Waals surface area contributed by atoms with E-state index in [4.69, 9.17) is 14.2 Å². The molecule has 3 atom stereocenters. The van der Waals surface area contributed by atoms with Crippen LogP contribution in [0, 0.1) is 0 Å². The van der Waals surface area contributed by atoms with Crippen molar-refractivity contribution in [3.63, 3.8) is 0 Å². The molecule has 0 amide bonds. The third-order valence-electron chi connectivity index (χ3n) is 2.62. The highest BCUT2D eigenvalue weighted by Crippen LogP contribution is 2.25. The molecule has 22 heavy (non-hydrogen) atoms. The monoisotopic (exact) mass is 316 g/mol. The van der Waals surface area contributed by atoms with E-state index in [-0.39, 0.29) is 5.76 Å². The van der Waals surface area contributed by atoms with Crippen LogP contribution in [0.15, 0.2) is 11.8 Å². The van der Waals surface area contributed by atoms with Crippen LogP contribution >= 0.6 is 0 Å². The van der Waals surface area contributed by atoms with Crippen LogP contribution in [0.5, 0.6) is 0 Å². The standard InChI is InChI=1S/C13H16O9/c1-6(14)20-8-5-9(12(16)18-3)22-11(13(17)19-4)10(8)21-7(2)15/h5,8,10-11H,1-4H3/t8-,10+,11+/m0/s1. The topological polar surface area (TPSA) is 114 Å². The second kappa shape index (κ2) is 7.43. The van der Waals surface area contributed by atoms with Gasteiger partial charge in [-0.25, -0.2) is 9.59 Å². The molecular formula is C13H16O9. The number of methoxy groups -OCH3 is 2. The SMILES string of the molecule is COC(=O)C1=C[C@H](OC(C)=O)[C@@H](OC(C)=O)[C@H](C(=O)OC)O1. The van der Waals surface area contributed by atoms with Crippen molar-refractivity contribution in [3.8, 4) is 0 Å². The number of esters is 4. The summed E-state index contributed by atoms with van der Waals surface area (Å²) < 4.78 is 24.1. The molecule has 0 saturated heterocycles. The molecule has 0 aromatic carbocycles. The molecule has 0 saturated carbocycles. The van der Waals surface area contributed by atoms with Gasteiger partial charge < -0.3 is 23.7 Å². The van der Waals surface area contributed by atoms with Crippen molar-refractivity contribution >= 4 is 23.9 Å². The molecule has 0 bridgehead atoms. The summed E-state index contributed by atoms with van der Waals surface area (Å²) in [6.45, 7) is 2.23. The quantitative estimate of drug-likeness (QED) is 0.499. The van der Waals surface area contributed by atoms with Gasteiger partial charge in [-0.2, -0.15) is 0 Å². The van der Waals surface area contributed by atoms with Gasteiger partial charge in [0, 0.05) is 19.9 Å². The number of hydrogen-bond donors (Lipinski definition) is 0. The van der Waals surface area contributed by atoms with Crippen molar-refractivity contribution in [2.45, 2.75) is 32.2 Å². The van der Waals surface area contributed by atoms with Crippen LogP contribution in [0.4, 0.5) is 0 Å². The molecule has 0 aromatic heterocycles. The highest BCUT2D eigenvalue weighted by Gasteiger charge is 2.46. The maximum atomic E-state index is 11.8. The third-order valence-corrected chi connectivity index (χ3v) is 2.62. The zero-order valence-electron chi connectivity index (χ0n) is 12.5. The lowest BCUT2D eigenvalue weighted by molar-refractivity contribution is -0.187. The van der Waals surface area contributed by atoms with Crippen LogP contribution in [0.3, 0.4) is 0 Å². The van der Waals surface area contributed by atoms with E-state index in [1.165, 1.54) is 0 Å². The molecule has 0 aromatic rings. The lowest BCUT2D eigenvalue weighted by Gasteiger charge is -2.33. The predicted octanol–water partition coefficient (Wildman–Crippen LogP) is -0.521. The summed E-state index contributed by atoms with van der Waals surface area (Å²) in [4.78, 5) is 45.7. The van der Waals surface area contributed by atoms with Crippen molar-refractivity contribution in [1.29, 1.82) is 0 Å². The first kappa shape index (κ1) is 17.5. The van der Waals surface area contributed by atoms with Crippen molar-refractivity contribution in [2.75, 3.05) is 14.2 Å². The zero-order chi connectivity index (χ0) is 16.9. The van der Waals surface area contributed by atoms with E-state index in [2.05, 4.69) is 9.47 Å². The van der Waals surface area contributed by atoms with Gasteiger partial charge in [0.25, 0.3) is 0 Å². The van der Waals surface area contributed by atoms with E-state index in [1.807, 2.05) is 0 Å². The van der Waals surface area contributed by atoms with Crippen LogP contribution < -0.4 is 0 Å². The van der Waals surface area contributed by atoms with E-state index in [1.54, 1.807) is 0 Å². The minimum absolute atomic E-state index is 0.354. The summed E-state index contributed by atoms with van der Waals surface area (Å²) in [6, 6.07) is 0. The average Bonchev–Trinajstić information content (AvgIpc) is 2.46. The second-order valence-electron chi connectivity index (χ2n) is 4.23. The number of rotatable bonds is 4. The molecule has 122 valence electrons. The lowest BCUT2D eigenvalue weighted by atomic mass is 10.0. The molecule has 0 unspecified atom stereocenters. The van der Waals surface area contributed by atoms with E-state index in [0.717, 1.165) is 34.1 Å². The highest BCUT2D eigenvalue weighted by molar-refractivity contribution is 5.88. The Morgan fingerprint density at radius 2 is 1.59 bits per heavy atom. The van der Waals surface area contributed by atoms with Gasteiger partial charge in [-0.1, -0.05) is 0 Å². The molecule has 0 radical (unpaired) electrons. The first-order valence-corrected chi connectivity index (χ1v) is 6.19. The molecule has 1 heterocycles. The van der Waals surface area contributed by atoms with Crippen molar-refractivity contribution in [3.05, 3.63) is 11.8 Å². The lowest BCUT2D eigenvalue weighted by Crippen LogP contribution is -2.51. The molecule has 0 N–H and O–H groups in total. The fraction of sp³-hybridized carbons (Fsp3) is 0.538. The molecule has 1 rings (SSSR count). The summed E-state index contributed by atoms with van der Waals surface area (Å²) in [7, 11) is 2.20. The van der Waals surface area contributed by atoms with Crippen LogP contribution in [0.2, 0.25) is 0 Å². The Morgan fingerprint density at radius 3 is 2.05 bits per heavy atom. The van der Waals surface area contributed by atoms with Gasteiger partial charge in [0.05, 0.1) is 14.2 Å². The van der Waals surface area contributed by atoms with Gasteiger partial charge in [0.1, 0.15) is 0 Å². The Balaban J connectivity index is 3.21. The van der Waals surface area contributed by atoms with Crippen LogP contribution in [0.25, 0.3) is 0 Å². The number of carbonyl (C=O) groups is 4. The van der Waals surface area contributed by atoms with Crippen LogP contribution in [-0.4, -0.2) is 56.4 Å². The van der Waals surface area contributed by atoms with Crippen LogP contribution in [0.1, 0.15) is 13.8 Å². The first-order chi connectivity index (χ1) is 10.3.